The van der Waals surface area contributed by atoms with E-state index in [9.17, 15) is 0 Å². The first kappa shape index (κ1) is 11.9. The normalized spacial score (nSPS) is 14.8. The Morgan fingerprint density at radius 3 is 2.42 bits per heavy atom. The predicted molar refractivity (Wildman–Crippen MR) is 51.7 cm³/mol. The van der Waals surface area contributed by atoms with Crippen LogP contribution in [-0.2, 0) is 4.84 Å². The Bertz CT molecular complexity index is 110. The molecule has 0 saturated heterocycles. The fraction of sp³-hybridized carbons (Fsp3) is 1.00. The Morgan fingerprint density at radius 1 is 1.42 bits per heavy atom. The Balaban J connectivity index is 3.40. The Kier molecular flexibility index (Phi) is 5.46. The van der Waals surface area contributed by atoms with Crippen LogP contribution in [0.15, 0.2) is 0 Å². The molecule has 0 aliphatic rings. The summed E-state index contributed by atoms with van der Waals surface area (Å²) in [6.45, 7) is 9.34. The van der Waals surface area contributed by atoms with E-state index >= 15 is 0 Å². The molecule has 12 heavy (non-hydrogen) atoms. The highest BCUT2D eigenvalue weighted by Gasteiger charge is 2.12. The molecule has 0 amide bonds. The molecule has 0 aromatic carbocycles. The van der Waals surface area contributed by atoms with Gasteiger partial charge in [0.15, 0.2) is 0 Å². The molecule has 1 atom stereocenters. The van der Waals surface area contributed by atoms with Gasteiger partial charge in [0.2, 0.25) is 0 Å². The van der Waals surface area contributed by atoms with Crippen molar-refractivity contribution < 1.29 is 4.84 Å². The highest BCUT2D eigenvalue weighted by Crippen LogP contribution is 2.04. The lowest BCUT2D eigenvalue weighted by Crippen LogP contribution is -2.42. The molecule has 0 heterocycles. The van der Waals surface area contributed by atoms with Gasteiger partial charge in [0.1, 0.15) is 0 Å². The van der Waals surface area contributed by atoms with Gasteiger partial charge in [-0.1, -0.05) is 0 Å². The van der Waals surface area contributed by atoms with Crippen molar-refractivity contribution in [2.45, 2.75) is 52.1 Å². The van der Waals surface area contributed by atoms with E-state index in [2.05, 4.69) is 37.8 Å². The van der Waals surface area contributed by atoms with Crippen molar-refractivity contribution in [2.75, 3.05) is 6.61 Å². The first-order valence-corrected chi connectivity index (χ1v) is 4.55. The Labute approximate surface area is 75.6 Å². The molecule has 0 rings (SSSR count). The van der Waals surface area contributed by atoms with Crippen LogP contribution in [0.3, 0.4) is 0 Å². The maximum absolute atomic E-state index is 4.92. The summed E-state index contributed by atoms with van der Waals surface area (Å²) in [5, 5.41) is 3.48. The fourth-order valence-corrected chi connectivity index (χ4v) is 1.28. The highest BCUT2D eigenvalue weighted by molar-refractivity contribution is 4.74. The van der Waals surface area contributed by atoms with Gasteiger partial charge in [-0.3, -0.25) is 0 Å². The predicted octanol–water partition coefficient (Wildman–Crippen LogP) is 1.43. The van der Waals surface area contributed by atoms with Gasteiger partial charge in [-0.15, -0.1) is 0 Å². The summed E-state index contributed by atoms with van der Waals surface area (Å²) in [5.41, 5.74) is 0.197. The van der Waals surface area contributed by atoms with Crippen molar-refractivity contribution in [3.63, 3.8) is 0 Å². The molecular weight excluding hydrogens is 152 g/mol. The molecule has 0 aromatic heterocycles. The van der Waals surface area contributed by atoms with Crippen molar-refractivity contribution in [1.29, 1.82) is 0 Å². The molecule has 3 nitrogen and oxygen atoms in total. The molecule has 0 radical (unpaired) electrons. The average molecular weight is 174 g/mol. The van der Waals surface area contributed by atoms with Crippen LogP contribution in [0.1, 0.15) is 40.5 Å². The van der Waals surface area contributed by atoms with Gasteiger partial charge in [0.25, 0.3) is 0 Å². The fourth-order valence-electron chi connectivity index (χ4n) is 1.28. The standard InChI is InChI=1S/C9H22N2O/c1-8(6-5-7-12-10)11-9(2,3)4/h8,11H,5-7,10H2,1-4H3. The summed E-state index contributed by atoms with van der Waals surface area (Å²) in [7, 11) is 0. The lowest BCUT2D eigenvalue weighted by Gasteiger charge is -2.25. The molecule has 3 heteroatoms. The summed E-state index contributed by atoms with van der Waals surface area (Å²) in [6, 6.07) is 0.528. The van der Waals surface area contributed by atoms with Gasteiger partial charge in [0, 0.05) is 11.6 Å². The largest absolute Gasteiger partial charge is 0.310 e. The zero-order chi connectivity index (χ0) is 9.61. The Hall–Kier alpha value is -0.120. The van der Waals surface area contributed by atoms with Crippen molar-refractivity contribution in [3.8, 4) is 0 Å². The molecule has 74 valence electrons. The molecule has 3 N–H and O–H groups in total. The smallest absolute Gasteiger partial charge is 0.0679 e. The van der Waals surface area contributed by atoms with Crippen LogP contribution in [0, 0.1) is 0 Å². The van der Waals surface area contributed by atoms with Gasteiger partial charge < -0.3 is 10.2 Å². The second kappa shape index (κ2) is 5.51. The van der Waals surface area contributed by atoms with Crippen LogP contribution in [0.25, 0.3) is 0 Å². The van der Waals surface area contributed by atoms with Crippen molar-refractivity contribution >= 4 is 0 Å². The van der Waals surface area contributed by atoms with E-state index in [0.717, 1.165) is 12.8 Å². The second-order valence-electron chi connectivity index (χ2n) is 4.31. The number of rotatable bonds is 5. The van der Waals surface area contributed by atoms with Gasteiger partial charge in [0.05, 0.1) is 6.61 Å². The van der Waals surface area contributed by atoms with Gasteiger partial charge in [-0.05, 0) is 40.5 Å². The van der Waals surface area contributed by atoms with E-state index in [-0.39, 0.29) is 5.54 Å². The SMILES string of the molecule is CC(CCCON)NC(C)(C)C. The first-order chi connectivity index (χ1) is 5.45. The third-order valence-electron chi connectivity index (χ3n) is 1.58. The van der Waals surface area contributed by atoms with E-state index in [1.165, 1.54) is 0 Å². The quantitative estimate of drug-likeness (QED) is 0.489. The van der Waals surface area contributed by atoms with Crippen LogP contribution in [-0.4, -0.2) is 18.2 Å². The summed E-state index contributed by atoms with van der Waals surface area (Å²) in [6.07, 6.45) is 2.12. The topological polar surface area (TPSA) is 47.3 Å². The maximum atomic E-state index is 4.92. The molecule has 0 saturated carbocycles. The molecule has 0 aromatic rings. The summed E-state index contributed by atoms with van der Waals surface area (Å²) < 4.78 is 0. The lowest BCUT2D eigenvalue weighted by atomic mass is 10.1. The van der Waals surface area contributed by atoms with Crippen LogP contribution in [0.2, 0.25) is 0 Å². The van der Waals surface area contributed by atoms with Gasteiger partial charge in [-0.25, -0.2) is 5.90 Å². The summed E-state index contributed by atoms with van der Waals surface area (Å²) in [5.74, 6) is 4.92. The van der Waals surface area contributed by atoms with Gasteiger partial charge >= 0.3 is 0 Å². The van der Waals surface area contributed by atoms with Crippen LogP contribution in [0.4, 0.5) is 0 Å². The minimum atomic E-state index is 0.197. The molecule has 0 bridgehead atoms. The molecule has 0 aliphatic carbocycles. The van der Waals surface area contributed by atoms with Crippen LogP contribution in [0.5, 0.6) is 0 Å². The monoisotopic (exact) mass is 174 g/mol. The van der Waals surface area contributed by atoms with Crippen LogP contribution < -0.4 is 11.2 Å². The molecule has 0 aliphatic heterocycles. The first-order valence-electron chi connectivity index (χ1n) is 4.55. The van der Waals surface area contributed by atoms with Crippen molar-refractivity contribution in [2.24, 2.45) is 5.90 Å². The van der Waals surface area contributed by atoms with E-state index in [4.69, 9.17) is 5.90 Å². The third kappa shape index (κ3) is 7.98. The number of hydrogen-bond donors (Lipinski definition) is 2. The van der Waals surface area contributed by atoms with Gasteiger partial charge in [-0.2, -0.15) is 0 Å². The third-order valence-corrected chi connectivity index (χ3v) is 1.58. The molecular formula is C9H22N2O. The average Bonchev–Trinajstić information content (AvgIpc) is 1.84. The van der Waals surface area contributed by atoms with E-state index < -0.39 is 0 Å². The molecule has 0 fully saturated rings. The Morgan fingerprint density at radius 2 is 2.00 bits per heavy atom. The highest BCUT2D eigenvalue weighted by atomic mass is 16.6. The van der Waals surface area contributed by atoms with Crippen molar-refractivity contribution in [3.05, 3.63) is 0 Å². The number of hydrogen-bond acceptors (Lipinski definition) is 3. The summed E-state index contributed by atoms with van der Waals surface area (Å²) in [4.78, 5) is 4.49. The molecule has 0 spiro atoms. The van der Waals surface area contributed by atoms with E-state index in [1.54, 1.807) is 0 Å². The summed E-state index contributed by atoms with van der Waals surface area (Å²) >= 11 is 0. The minimum Gasteiger partial charge on any atom is -0.310 e. The molecule has 1 unspecified atom stereocenters. The minimum absolute atomic E-state index is 0.197. The zero-order valence-corrected chi connectivity index (χ0v) is 8.68. The number of nitrogens with one attached hydrogen (secondary N) is 1. The van der Waals surface area contributed by atoms with Crippen LogP contribution >= 0.6 is 0 Å². The number of nitrogens with two attached hydrogens (primary N) is 1. The maximum Gasteiger partial charge on any atom is 0.0679 e. The van der Waals surface area contributed by atoms with E-state index in [1.807, 2.05) is 0 Å². The zero-order valence-electron chi connectivity index (χ0n) is 8.68. The van der Waals surface area contributed by atoms with Crippen molar-refractivity contribution in [1.82, 2.24) is 5.32 Å². The van der Waals surface area contributed by atoms with E-state index in [0.29, 0.717) is 12.6 Å². The second-order valence-corrected chi connectivity index (χ2v) is 4.31. The lowest BCUT2D eigenvalue weighted by molar-refractivity contribution is 0.131.